The van der Waals surface area contributed by atoms with Crippen molar-refractivity contribution in [1.82, 2.24) is 5.32 Å². The first kappa shape index (κ1) is 9.77. The molecule has 0 spiro atoms. The van der Waals surface area contributed by atoms with Crippen LogP contribution in [0.3, 0.4) is 0 Å². The zero-order valence-electron chi connectivity index (χ0n) is 7.63. The van der Waals surface area contributed by atoms with Gasteiger partial charge in [0, 0.05) is 0 Å². The van der Waals surface area contributed by atoms with Crippen LogP contribution in [0.25, 0.3) is 0 Å². The van der Waals surface area contributed by atoms with Crippen molar-refractivity contribution in [3.8, 4) is 0 Å². The molecule has 72 valence electrons. The number of hydrogen-bond acceptors (Lipinski definition) is 3. The van der Waals surface area contributed by atoms with Crippen LogP contribution in [0.5, 0.6) is 0 Å². The van der Waals surface area contributed by atoms with Gasteiger partial charge in [0.05, 0.1) is 13.0 Å². The second-order valence-corrected chi connectivity index (χ2v) is 3.02. The number of hydrogen-bond donors (Lipinski definition) is 1. The number of carbonyl (C=O) groups excluding carboxylic acids is 2. The fourth-order valence-corrected chi connectivity index (χ4v) is 1.37. The van der Waals surface area contributed by atoms with E-state index in [1.807, 2.05) is 0 Å². The van der Waals surface area contributed by atoms with E-state index in [1.165, 1.54) is 0 Å². The van der Waals surface area contributed by atoms with Crippen LogP contribution in [-0.2, 0) is 14.3 Å². The number of β-lactam (4-membered cyclic amide) rings is 1. The van der Waals surface area contributed by atoms with E-state index < -0.39 is 5.54 Å². The van der Waals surface area contributed by atoms with E-state index in [0.29, 0.717) is 13.0 Å². The molecular formula is C9H13NO3. The van der Waals surface area contributed by atoms with Crippen molar-refractivity contribution in [1.29, 1.82) is 0 Å². The summed E-state index contributed by atoms with van der Waals surface area (Å²) in [5.74, 6) is -0.482. The van der Waals surface area contributed by atoms with Gasteiger partial charge in [-0.1, -0.05) is 6.08 Å². The molecule has 0 aromatic heterocycles. The summed E-state index contributed by atoms with van der Waals surface area (Å²) in [6.07, 6.45) is 2.24. The molecule has 4 heteroatoms. The van der Waals surface area contributed by atoms with E-state index in [1.54, 1.807) is 13.0 Å². The normalized spacial score (nSPS) is 25.8. The number of rotatable bonds is 4. The van der Waals surface area contributed by atoms with Crippen LogP contribution in [-0.4, -0.2) is 24.0 Å². The van der Waals surface area contributed by atoms with Crippen molar-refractivity contribution < 1.29 is 14.3 Å². The maximum Gasteiger partial charge on any atom is 0.332 e. The van der Waals surface area contributed by atoms with Crippen LogP contribution < -0.4 is 5.32 Å². The number of amides is 1. The summed E-state index contributed by atoms with van der Waals surface area (Å²) in [6, 6.07) is 0. The second kappa shape index (κ2) is 3.60. The molecule has 1 saturated heterocycles. The van der Waals surface area contributed by atoms with Gasteiger partial charge in [-0.15, -0.1) is 6.58 Å². The van der Waals surface area contributed by atoms with E-state index in [-0.39, 0.29) is 18.3 Å². The minimum absolute atomic E-state index is 0.116. The molecule has 1 atom stereocenters. The summed E-state index contributed by atoms with van der Waals surface area (Å²) >= 11 is 0. The van der Waals surface area contributed by atoms with Gasteiger partial charge in [0.15, 0.2) is 0 Å². The van der Waals surface area contributed by atoms with Crippen LogP contribution in [0.4, 0.5) is 0 Å². The Balaban J connectivity index is 2.63. The molecule has 1 aliphatic rings. The van der Waals surface area contributed by atoms with Gasteiger partial charge in [0.25, 0.3) is 0 Å². The number of carbonyl (C=O) groups is 2. The van der Waals surface area contributed by atoms with Crippen LogP contribution in [0, 0.1) is 0 Å². The Kier molecular flexibility index (Phi) is 2.70. The highest BCUT2D eigenvalue weighted by molar-refractivity contribution is 5.99. The average molecular weight is 183 g/mol. The summed E-state index contributed by atoms with van der Waals surface area (Å²) in [7, 11) is 0. The maximum absolute atomic E-state index is 11.4. The highest BCUT2D eigenvalue weighted by Crippen LogP contribution is 2.26. The van der Waals surface area contributed by atoms with Gasteiger partial charge in [-0.3, -0.25) is 4.79 Å². The van der Waals surface area contributed by atoms with Gasteiger partial charge in [0.1, 0.15) is 5.54 Å². The molecule has 1 fully saturated rings. The van der Waals surface area contributed by atoms with Crippen molar-refractivity contribution in [2.75, 3.05) is 6.61 Å². The Labute approximate surface area is 76.9 Å². The highest BCUT2D eigenvalue weighted by Gasteiger charge is 2.49. The maximum atomic E-state index is 11.4. The third kappa shape index (κ3) is 1.71. The Morgan fingerprint density at radius 1 is 1.85 bits per heavy atom. The van der Waals surface area contributed by atoms with E-state index in [2.05, 4.69) is 11.9 Å². The van der Waals surface area contributed by atoms with Crippen molar-refractivity contribution in [2.24, 2.45) is 0 Å². The smallest absolute Gasteiger partial charge is 0.332 e. The number of ether oxygens (including phenoxy) is 1. The molecule has 1 unspecified atom stereocenters. The predicted octanol–water partition coefficient (Wildman–Crippen LogP) is 0.384. The highest BCUT2D eigenvalue weighted by atomic mass is 16.5. The quantitative estimate of drug-likeness (QED) is 0.389. The van der Waals surface area contributed by atoms with Gasteiger partial charge in [0.2, 0.25) is 5.91 Å². The van der Waals surface area contributed by atoms with Crippen LogP contribution in [0.2, 0.25) is 0 Å². The lowest BCUT2D eigenvalue weighted by Gasteiger charge is -2.38. The van der Waals surface area contributed by atoms with Gasteiger partial charge >= 0.3 is 5.97 Å². The summed E-state index contributed by atoms with van der Waals surface area (Å²) in [6.45, 7) is 5.60. The van der Waals surface area contributed by atoms with E-state index in [4.69, 9.17) is 4.74 Å². The van der Waals surface area contributed by atoms with Crippen LogP contribution >= 0.6 is 0 Å². The number of nitrogens with one attached hydrogen (secondary N) is 1. The average Bonchev–Trinajstić information content (AvgIpc) is 2.02. The van der Waals surface area contributed by atoms with E-state index in [9.17, 15) is 9.59 Å². The van der Waals surface area contributed by atoms with Gasteiger partial charge in [-0.25, -0.2) is 4.79 Å². The van der Waals surface area contributed by atoms with E-state index >= 15 is 0 Å². The van der Waals surface area contributed by atoms with Crippen molar-refractivity contribution in [2.45, 2.75) is 25.3 Å². The summed E-state index contributed by atoms with van der Waals surface area (Å²) in [5.41, 5.74) is -0.825. The van der Waals surface area contributed by atoms with Crippen molar-refractivity contribution in [3.63, 3.8) is 0 Å². The fourth-order valence-electron chi connectivity index (χ4n) is 1.37. The Bertz CT molecular complexity index is 234. The van der Waals surface area contributed by atoms with E-state index in [0.717, 1.165) is 0 Å². The molecule has 13 heavy (non-hydrogen) atoms. The molecular weight excluding hydrogens is 170 g/mol. The first-order valence-electron chi connectivity index (χ1n) is 4.24. The minimum Gasteiger partial charge on any atom is -0.464 e. The lowest BCUT2D eigenvalue weighted by atomic mass is 9.84. The first-order valence-corrected chi connectivity index (χ1v) is 4.24. The molecule has 0 aromatic rings. The third-order valence-corrected chi connectivity index (χ3v) is 2.00. The molecule has 0 bridgehead atoms. The molecule has 1 amide bonds. The zero-order valence-corrected chi connectivity index (χ0v) is 7.63. The SMILES string of the molecule is C=CCC1(C(=O)OCC)CC(=O)N1. The predicted molar refractivity (Wildman–Crippen MR) is 46.9 cm³/mol. The fraction of sp³-hybridized carbons (Fsp3) is 0.556. The molecule has 4 nitrogen and oxygen atoms in total. The standard InChI is InChI=1S/C9H13NO3/c1-3-5-9(6-7(11)10-9)8(12)13-4-2/h3H,1,4-6H2,2H3,(H,10,11). The van der Waals surface area contributed by atoms with Crippen molar-refractivity contribution >= 4 is 11.9 Å². The molecule has 0 saturated carbocycles. The first-order chi connectivity index (χ1) is 6.14. The molecule has 1 heterocycles. The molecule has 1 aliphatic heterocycles. The topological polar surface area (TPSA) is 55.4 Å². The monoisotopic (exact) mass is 183 g/mol. The molecule has 1 N–H and O–H groups in total. The van der Waals surface area contributed by atoms with Crippen LogP contribution in [0.1, 0.15) is 19.8 Å². The Morgan fingerprint density at radius 3 is 2.85 bits per heavy atom. The second-order valence-electron chi connectivity index (χ2n) is 3.02. The summed E-state index contributed by atoms with van der Waals surface area (Å²) in [5, 5.41) is 2.56. The Hall–Kier alpha value is -1.32. The van der Waals surface area contributed by atoms with Gasteiger partial charge < -0.3 is 10.1 Å². The van der Waals surface area contributed by atoms with Crippen LogP contribution in [0.15, 0.2) is 12.7 Å². The lowest BCUT2D eigenvalue weighted by Crippen LogP contribution is -2.65. The summed E-state index contributed by atoms with van der Waals surface area (Å²) < 4.78 is 4.85. The molecule has 0 aromatic carbocycles. The number of esters is 1. The van der Waals surface area contributed by atoms with Gasteiger partial charge in [-0.05, 0) is 13.3 Å². The third-order valence-electron chi connectivity index (χ3n) is 2.00. The van der Waals surface area contributed by atoms with Crippen molar-refractivity contribution in [3.05, 3.63) is 12.7 Å². The zero-order chi connectivity index (χ0) is 9.90. The lowest BCUT2D eigenvalue weighted by molar-refractivity contribution is -0.160. The molecule has 0 radical (unpaired) electrons. The largest absolute Gasteiger partial charge is 0.464 e. The minimum atomic E-state index is -0.825. The van der Waals surface area contributed by atoms with Gasteiger partial charge in [-0.2, -0.15) is 0 Å². The molecule has 0 aliphatic carbocycles. The Morgan fingerprint density at radius 2 is 2.46 bits per heavy atom. The molecule has 1 rings (SSSR count). The summed E-state index contributed by atoms with van der Waals surface area (Å²) in [4.78, 5) is 22.1.